The van der Waals surface area contributed by atoms with E-state index in [4.69, 9.17) is 4.42 Å². The van der Waals surface area contributed by atoms with Gasteiger partial charge in [-0.3, -0.25) is 9.59 Å². The number of methoxy groups -OCH3 is 1. The first kappa shape index (κ1) is 27.3. The van der Waals surface area contributed by atoms with Gasteiger partial charge >= 0.3 is 5.97 Å². The van der Waals surface area contributed by atoms with Gasteiger partial charge in [-0.15, -0.1) is 0 Å². The van der Waals surface area contributed by atoms with Crippen molar-refractivity contribution in [1.29, 1.82) is 0 Å². The molecule has 1 saturated heterocycles. The summed E-state index contributed by atoms with van der Waals surface area (Å²) in [5.41, 5.74) is 2.49. The lowest BCUT2D eigenvalue weighted by atomic mass is 9.98. The number of aryl methyl sites for hydroxylation is 1. The Morgan fingerprint density at radius 3 is 2.55 bits per heavy atom. The van der Waals surface area contributed by atoms with Crippen LogP contribution in [0.3, 0.4) is 0 Å². The topological polar surface area (TPSA) is 88.4 Å². The zero-order valence-corrected chi connectivity index (χ0v) is 22.0. The predicted octanol–water partition coefficient (Wildman–Crippen LogP) is 5.98. The van der Waals surface area contributed by atoms with Gasteiger partial charge in [-0.05, 0) is 62.5 Å². The van der Waals surface area contributed by atoms with E-state index in [1.54, 1.807) is 6.07 Å². The Morgan fingerprint density at radius 1 is 1.11 bits per heavy atom. The lowest BCUT2D eigenvalue weighted by molar-refractivity contribution is -0.140. The molecule has 4 aromatic rings. The number of halogens is 1. The Balaban J connectivity index is 0.000000219. The SMILES string of the molecule is CCc1ccc(-c2c(-c3ccccc3)oc3nc[nH]c(=O)c23)cc1F.COC(=O)CCCN1CCCCC1. The van der Waals surface area contributed by atoms with E-state index in [2.05, 4.69) is 19.6 Å². The number of carbonyl (C=O) groups excluding carboxylic acids is 1. The van der Waals surface area contributed by atoms with Crippen LogP contribution in [-0.4, -0.2) is 47.6 Å². The summed E-state index contributed by atoms with van der Waals surface area (Å²) in [6.45, 7) is 5.37. The van der Waals surface area contributed by atoms with Gasteiger partial charge < -0.3 is 19.0 Å². The largest absolute Gasteiger partial charge is 0.469 e. The highest BCUT2D eigenvalue weighted by Gasteiger charge is 2.21. The Hall–Kier alpha value is -3.78. The van der Waals surface area contributed by atoms with E-state index >= 15 is 0 Å². The highest BCUT2D eigenvalue weighted by Crippen LogP contribution is 2.39. The molecule has 8 heteroatoms. The van der Waals surface area contributed by atoms with Crippen molar-refractivity contribution >= 4 is 17.1 Å². The second-order valence-electron chi connectivity index (χ2n) is 9.33. The summed E-state index contributed by atoms with van der Waals surface area (Å²) in [5, 5.41) is 0.324. The first-order valence-corrected chi connectivity index (χ1v) is 13.1. The van der Waals surface area contributed by atoms with Crippen molar-refractivity contribution in [1.82, 2.24) is 14.9 Å². The van der Waals surface area contributed by atoms with Crippen molar-refractivity contribution in [3.8, 4) is 22.5 Å². The van der Waals surface area contributed by atoms with Gasteiger partial charge in [-0.2, -0.15) is 0 Å². The van der Waals surface area contributed by atoms with Gasteiger partial charge in [0.1, 0.15) is 17.0 Å². The molecule has 2 aromatic carbocycles. The van der Waals surface area contributed by atoms with Crippen LogP contribution in [0, 0.1) is 5.82 Å². The lowest BCUT2D eigenvalue weighted by Crippen LogP contribution is -2.30. The third-order valence-electron chi connectivity index (χ3n) is 6.78. The Morgan fingerprint density at radius 2 is 1.87 bits per heavy atom. The van der Waals surface area contributed by atoms with Crippen LogP contribution in [-0.2, 0) is 16.0 Å². The molecule has 0 bridgehead atoms. The number of nitrogens with zero attached hydrogens (tertiary/aromatic N) is 2. The van der Waals surface area contributed by atoms with Gasteiger partial charge in [0.15, 0.2) is 0 Å². The van der Waals surface area contributed by atoms with E-state index in [9.17, 15) is 14.0 Å². The summed E-state index contributed by atoms with van der Waals surface area (Å²) < 4.78 is 24.8. The average Bonchev–Trinajstić information content (AvgIpc) is 3.35. The van der Waals surface area contributed by atoms with Crippen LogP contribution in [0.5, 0.6) is 0 Å². The molecule has 1 aliphatic heterocycles. The summed E-state index contributed by atoms with van der Waals surface area (Å²) in [5.74, 6) is 0.120. The van der Waals surface area contributed by atoms with Crippen molar-refractivity contribution in [3.05, 3.63) is 76.6 Å². The highest BCUT2D eigenvalue weighted by atomic mass is 19.1. The number of hydrogen-bond acceptors (Lipinski definition) is 6. The first-order chi connectivity index (χ1) is 18.5. The molecule has 2 aromatic heterocycles. The van der Waals surface area contributed by atoms with E-state index in [1.165, 1.54) is 51.9 Å². The highest BCUT2D eigenvalue weighted by molar-refractivity contribution is 5.99. The van der Waals surface area contributed by atoms with Crippen molar-refractivity contribution in [2.24, 2.45) is 0 Å². The Labute approximate surface area is 221 Å². The monoisotopic (exact) mass is 519 g/mol. The van der Waals surface area contributed by atoms with Crippen LogP contribution in [0.4, 0.5) is 4.39 Å². The third-order valence-corrected chi connectivity index (χ3v) is 6.78. The van der Waals surface area contributed by atoms with Crippen LogP contribution in [0.2, 0.25) is 0 Å². The number of rotatable bonds is 7. The number of esters is 1. The minimum Gasteiger partial charge on any atom is -0.469 e. The molecule has 0 radical (unpaired) electrons. The Kier molecular flexibility index (Phi) is 9.43. The number of piperidine rings is 1. The van der Waals surface area contributed by atoms with Gasteiger partial charge in [0.25, 0.3) is 5.56 Å². The van der Waals surface area contributed by atoms with Crippen LogP contribution >= 0.6 is 0 Å². The number of likely N-dealkylation sites (tertiary alicyclic amines) is 1. The first-order valence-electron chi connectivity index (χ1n) is 13.1. The maximum absolute atomic E-state index is 14.3. The number of benzene rings is 2. The van der Waals surface area contributed by atoms with E-state index in [-0.39, 0.29) is 23.1 Å². The molecule has 0 aliphatic carbocycles. The van der Waals surface area contributed by atoms with Crippen LogP contribution in [0.25, 0.3) is 33.6 Å². The molecule has 1 aliphatic rings. The number of nitrogens with one attached hydrogen (secondary N) is 1. The lowest BCUT2D eigenvalue weighted by Gasteiger charge is -2.25. The number of aromatic amines is 1. The molecule has 0 unspecified atom stereocenters. The number of hydrogen-bond donors (Lipinski definition) is 1. The summed E-state index contributed by atoms with van der Waals surface area (Å²) in [7, 11) is 1.45. The minimum atomic E-state index is -0.314. The molecule has 0 atom stereocenters. The van der Waals surface area contributed by atoms with Crippen LogP contribution < -0.4 is 5.56 Å². The molecule has 200 valence electrons. The van der Waals surface area contributed by atoms with E-state index in [0.29, 0.717) is 40.7 Å². The second-order valence-corrected chi connectivity index (χ2v) is 9.33. The molecule has 3 heterocycles. The fraction of sp³-hybridized carbons (Fsp3) is 0.367. The third kappa shape index (κ3) is 6.55. The number of fused-ring (bicyclic) bond motifs is 1. The van der Waals surface area contributed by atoms with Gasteiger partial charge in [-0.1, -0.05) is 55.8 Å². The van der Waals surface area contributed by atoms with E-state index < -0.39 is 0 Å². The number of carbonyl (C=O) groups is 1. The van der Waals surface area contributed by atoms with E-state index in [1.807, 2.05) is 43.3 Å². The molecular weight excluding hydrogens is 485 g/mol. The number of H-pyrrole nitrogens is 1. The summed E-state index contributed by atoms with van der Waals surface area (Å²) in [4.78, 5) is 32.3. The fourth-order valence-corrected chi connectivity index (χ4v) is 4.73. The number of aromatic nitrogens is 2. The molecule has 0 saturated carbocycles. The fourth-order valence-electron chi connectivity index (χ4n) is 4.73. The number of furan rings is 1. The molecule has 0 spiro atoms. The zero-order chi connectivity index (χ0) is 26.9. The molecule has 7 nitrogen and oxygen atoms in total. The van der Waals surface area contributed by atoms with E-state index in [0.717, 1.165) is 18.5 Å². The maximum Gasteiger partial charge on any atom is 0.305 e. The molecular formula is C30H34FN3O4. The van der Waals surface area contributed by atoms with Gasteiger partial charge in [-0.25, -0.2) is 9.37 Å². The Bertz CT molecular complexity index is 1410. The summed E-state index contributed by atoms with van der Waals surface area (Å²) in [6.07, 6.45) is 7.41. The standard InChI is InChI=1S/C20H15FN2O2.C10H19NO2/c1-2-12-8-9-14(10-15(12)21)16-17-19(24)22-11-23-20(17)25-18(16)13-6-4-3-5-7-13;1-13-10(12)6-5-9-11-7-3-2-4-8-11/h3-11H,2H2,1H3,(H,22,23,24);2-9H2,1H3. The van der Waals surface area contributed by atoms with Crippen molar-refractivity contribution in [2.45, 2.75) is 45.4 Å². The van der Waals surface area contributed by atoms with Crippen LogP contribution in [0.15, 0.2) is 64.1 Å². The molecule has 38 heavy (non-hydrogen) atoms. The van der Waals surface area contributed by atoms with Gasteiger partial charge in [0.05, 0.1) is 13.4 Å². The molecule has 5 rings (SSSR count). The molecule has 1 fully saturated rings. The smallest absolute Gasteiger partial charge is 0.305 e. The van der Waals surface area contributed by atoms with Crippen molar-refractivity contribution in [2.75, 3.05) is 26.7 Å². The van der Waals surface area contributed by atoms with Crippen molar-refractivity contribution < 1.29 is 18.3 Å². The summed E-state index contributed by atoms with van der Waals surface area (Å²) >= 11 is 0. The van der Waals surface area contributed by atoms with Gasteiger partial charge in [0.2, 0.25) is 5.71 Å². The second kappa shape index (κ2) is 13.1. The summed E-state index contributed by atoms with van der Waals surface area (Å²) in [6, 6.07) is 14.4. The van der Waals surface area contributed by atoms with Crippen molar-refractivity contribution in [3.63, 3.8) is 0 Å². The van der Waals surface area contributed by atoms with Gasteiger partial charge in [0, 0.05) is 17.5 Å². The predicted molar refractivity (Wildman–Crippen MR) is 146 cm³/mol. The number of ether oxygens (including phenoxy) is 1. The minimum absolute atomic E-state index is 0.0861. The molecule has 0 amide bonds. The average molecular weight is 520 g/mol. The zero-order valence-electron chi connectivity index (χ0n) is 22.0. The normalized spacial score (nSPS) is 13.7. The maximum atomic E-state index is 14.3. The quantitative estimate of drug-likeness (QED) is 0.302. The molecule has 1 N–H and O–H groups in total. The van der Waals surface area contributed by atoms with Crippen LogP contribution in [0.1, 0.15) is 44.6 Å².